The van der Waals surface area contributed by atoms with Crippen molar-refractivity contribution in [2.75, 3.05) is 7.11 Å². The van der Waals surface area contributed by atoms with Crippen molar-refractivity contribution in [2.24, 2.45) is 0 Å². The molecule has 3 heteroatoms. The molecule has 0 N–H and O–H groups in total. The molecular formula is C9H10O3. The Morgan fingerprint density at radius 1 is 1.75 bits per heavy atom. The summed E-state index contributed by atoms with van der Waals surface area (Å²) in [6.07, 6.45) is 5.48. The van der Waals surface area contributed by atoms with Gasteiger partial charge in [-0.05, 0) is 6.08 Å². The first-order valence-electron chi connectivity index (χ1n) is 3.90. The van der Waals surface area contributed by atoms with Crippen LogP contribution in [0, 0.1) is 0 Å². The number of methoxy groups -OCH3 is 1. The van der Waals surface area contributed by atoms with Crippen molar-refractivity contribution in [2.45, 2.75) is 18.6 Å². The van der Waals surface area contributed by atoms with Gasteiger partial charge in [0.1, 0.15) is 6.10 Å². The number of ether oxygens (including phenoxy) is 2. The molecule has 1 saturated heterocycles. The monoisotopic (exact) mass is 166 g/mol. The summed E-state index contributed by atoms with van der Waals surface area (Å²) in [5.74, 6) is 0.0204. The molecule has 1 fully saturated rings. The van der Waals surface area contributed by atoms with Crippen LogP contribution in [0.1, 0.15) is 6.42 Å². The third-order valence-electron chi connectivity index (χ3n) is 2.09. The van der Waals surface area contributed by atoms with E-state index in [1.54, 1.807) is 25.5 Å². The van der Waals surface area contributed by atoms with Gasteiger partial charge in [-0.15, -0.1) is 0 Å². The minimum absolute atomic E-state index is 0.0204. The number of hydrogen-bond donors (Lipinski definition) is 0. The van der Waals surface area contributed by atoms with Gasteiger partial charge in [-0.2, -0.15) is 0 Å². The van der Waals surface area contributed by atoms with Gasteiger partial charge in [0.15, 0.2) is 5.78 Å². The first-order valence-corrected chi connectivity index (χ1v) is 3.90. The third kappa shape index (κ3) is 1.06. The molecule has 2 rings (SSSR count). The standard InChI is InChI=1S/C9H10O3/c1-11-5-6-4-7-2-3-8(10)9(6)12-7/h2-3,5,7,9H,4H2,1H3/b6-5+. The van der Waals surface area contributed by atoms with Gasteiger partial charge >= 0.3 is 0 Å². The highest BCUT2D eigenvalue weighted by Gasteiger charge is 2.36. The van der Waals surface area contributed by atoms with Crippen LogP contribution in [-0.2, 0) is 14.3 Å². The Morgan fingerprint density at radius 2 is 2.58 bits per heavy atom. The maximum Gasteiger partial charge on any atom is 0.188 e. The summed E-state index contributed by atoms with van der Waals surface area (Å²) in [6, 6.07) is 0. The summed E-state index contributed by atoms with van der Waals surface area (Å²) in [4.78, 5) is 11.2. The van der Waals surface area contributed by atoms with Gasteiger partial charge < -0.3 is 9.47 Å². The van der Waals surface area contributed by atoms with Gasteiger partial charge in [0, 0.05) is 12.0 Å². The molecule has 2 aliphatic rings. The van der Waals surface area contributed by atoms with E-state index in [9.17, 15) is 4.79 Å². The van der Waals surface area contributed by atoms with E-state index in [1.165, 1.54) is 0 Å². The molecule has 12 heavy (non-hydrogen) atoms. The molecule has 3 nitrogen and oxygen atoms in total. The lowest BCUT2D eigenvalue weighted by atomic mass is 10.1. The molecule has 0 saturated carbocycles. The van der Waals surface area contributed by atoms with Gasteiger partial charge in [-0.1, -0.05) is 6.08 Å². The maximum atomic E-state index is 11.2. The quantitative estimate of drug-likeness (QED) is 0.541. The molecule has 0 aromatic rings. The lowest BCUT2D eigenvalue weighted by Gasteiger charge is -2.12. The predicted molar refractivity (Wildman–Crippen MR) is 42.5 cm³/mol. The number of carbonyl (C=O) groups excluding carboxylic acids is 1. The normalized spacial score (nSPS) is 36.1. The zero-order valence-corrected chi connectivity index (χ0v) is 6.82. The van der Waals surface area contributed by atoms with E-state index < -0.39 is 0 Å². The molecule has 0 spiro atoms. The Kier molecular flexibility index (Phi) is 1.73. The van der Waals surface area contributed by atoms with Crippen molar-refractivity contribution in [3.63, 3.8) is 0 Å². The molecule has 2 heterocycles. The smallest absolute Gasteiger partial charge is 0.188 e. The SMILES string of the molecule is CO/C=C1\CC2C=CC(=O)C1O2. The number of rotatable bonds is 1. The summed E-state index contributed by atoms with van der Waals surface area (Å²) in [7, 11) is 1.58. The Bertz CT molecular complexity index is 265. The van der Waals surface area contributed by atoms with Crippen LogP contribution in [0.25, 0.3) is 0 Å². The number of fused-ring (bicyclic) bond motifs is 2. The molecule has 2 aliphatic heterocycles. The van der Waals surface area contributed by atoms with E-state index in [-0.39, 0.29) is 18.0 Å². The number of ketones is 1. The van der Waals surface area contributed by atoms with Crippen molar-refractivity contribution in [3.05, 3.63) is 24.0 Å². The summed E-state index contributed by atoms with van der Waals surface area (Å²) < 4.78 is 10.3. The topological polar surface area (TPSA) is 35.5 Å². The summed E-state index contributed by atoms with van der Waals surface area (Å²) >= 11 is 0. The lowest BCUT2D eigenvalue weighted by molar-refractivity contribution is -0.124. The first-order chi connectivity index (χ1) is 5.81. The highest BCUT2D eigenvalue weighted by molar-refractivity contribution is 5.97. The molecule has 0 aromatic heterocycles. The van der Waals surface area contributed by atoms with Crippen LogP contribution in [0.5, 0.6) is 0 Å². The molecule has 0 amide bonds. The maximum absolute atomic E-state index is 11.2. The molecular weight excluding hydrogens is 156 g/mol. The molecule has 64 valence electrons. The van der Waals surface area contributed by atoms with Gasteiger partial charge in [0.25, 0.3) is 0 Å². The van der Waals surface area contributed by atoms with Gasteiger partial charge in [0.2, 0.25) is 0 Å². The van der Waals surface area contributed by atoms with Crippen LogP contribution >= 0.6 is 0 Å². The summed E-state index contributed by atoms with van der Waals surface area (Å²) in [5.41, 5.74) is 0.942. The second-order valence-corrected chi connectivity index (χ2v) is 2.95. The summed E-state index contributed by atoms with van der Waals surface area (Å²) in [6.45, 7) is 0. The van der Waals surface area contributed by atoms with Crippen molar-refractivity contribution in [3.8, 4) is 0 Å². The fraction of sp³-hybridized carbons (Fsp3) is 0.444. The molecule has 0 radical (unpaired) electrons. The largest absolute Gasteiger partial charge is 0.504 e. The van der Waals surface area contributed by atoms with Crippen LogP contribution in [0.4, 0.5) is 0 Å². The lowest BCUT2D eigenvalue weighted by Crippen LogP contribution is -2.23. The second-order valence-electron chi connectivity index (χ2n) is 2.95. The third-order valence-corrected chi connectivity index (χ3v) is 2.09. The molecule has 2 bridgehead atoms. The number of carbonyl (C=O) groups is 1. The molecule has 2 unspecified atom stereocenters. The molecule has 0 aliphatic carbocycles. The fourth-order valence-corrected chi connectivity index (χ4v) is 1.56. The fourth-order valence-electron chi connectivity index (χ4n) is 1.56. The van der Waals surface area contributed by atoms with Gasteiger partial charge in [-0.25, -0.2) is 0 Å². The average Bonchev–Trinajstić information content (AvgIpc) is 2.39. The average molecular weight is 166 g/mol. The van der Waals surface area contributed by atoms with Crippen LogP contribution in [0.3, 0.4) is 0 Å². The zero-order chi connectivity index (χ0) is 8.55. The van der Waals surface area contributed by atoms with E-state index in [4.69, 9.17) is 9.47 Å². The van der Waals surface area contributed by atoms with E-state index in [2.05, 4.69) is 0 Å². The Balaban J connectivity index is 2.25. The van der Waals surface area contributed by atoms with Crippen LogP contribution in [0.2, 0.25) is 0 Å². The van der Waals surface area contributed by atoms with Crippen molar-refractivity contribution < 1.29 is 14.3 Å². The highest BCUT2D eigenvalue weighted by Crippen LogP contribution is 2.30. The van der Waals surface area contributed by atoms with Crippen LogP contribution in [0.15, 0.2) is 24.0 Å². The van der Waals surface area contributed by atoms with Gasteiger partial charge in [-0.3, -0.25) is 4.79 Å². The summed E-state index contributed by atoms with van der Waals surface area (Å²) in [5, 5.41) is 0. The minimum atomic E-state index is -0.375. The number of hydrogen-bond acceptors (Lipinski definition) is 3. The molecule has 0 aromatic carbocycles. The molecule has 2 atom stereocenters. The van der Waals surface area contributed by atoms with Crippen molar-refractivity contribution in [1.82, 2.24) is 0 Å². The van der Waals surface area contributed by atoms with Crippen molar-refractivity contribution in [1.29, 1.82) is 0 Å². The van der Waals surface area contributed by atoms with Crippen molar-refractivity contribution >= 4 is 5.78 Å². The Hall–Kier alpha value is -1.09. The van der Waals surface area contributed by atoms with Crippen LogP contribution in [-0.4, -0.2) is 25.1 Å². The van der Waals surface area contributed by atoms with Crippen LogP contribution < -0.4 is 0 Å². The minimum Gasteiger partial charge on any atom is -0.504 e. The highest BCUT2D eigenvalue weighted by atomic mass is 16.5. The first kappa shape index (κ1) is 7.55. The Morgan fingerprint density at radius 3 is 3.33 bits per heavy atom. The van der Waals surface area contributed by atoms with E-state index in [1.807, 2.05) is 0 Å². The van der Waals surface area contributed by atoms with E-state index >= 15 is 0 Å². The Labute approximate surface area is 70.7 Å². The zero-order valence-electron chi connectivity index (χ0n) is 6.82. The second kappa shape index (κ2) is 2.75. The van der Waals surface area contributed by atoms with Gasteiger partial charge in [0.05, 0.1) is 19.5 Å². The predicted octanol–water partition coefficient (Wildman–Crippen LogP) is 0.813. The van der Waals surface area contributed by atoms with E-state index in [0.29, 0.717) is 0 Å². The van der Waals surface area contributed by atoms with E-state index in [0.717, 1.165) is 12.0 Å².